The van der Waals surface area contributed by atoms with Gasteiger partial charge >= 0.3 is 6.09 Å². The lowest BCUT2D eigenvalue weighted by molar-refractivity contribution is -1.15. The van der Waals surface area contributed by atoms with E-state index in [2.05, 4.69) is 70.6 Å². The zero-order chi connectivity index (χ0) is 42.3. The summed E-state index contributed by atoms with van der Waals surface area (Å²) in [6, 6.07) is 29.9. The summed E-state index contributed by atoms with van der Waals surface area (Å²) < 4.78 is 4.37. The molecule has 3 saturated heterocycles. The first-order valence-corrected chi connectivity index (χ1v) is 21.6. The van der Waals surface area contributed by atoms with Gasteiger partial charge < -0.3 is 24.7 Å². The van der Waals surface area contributed by atoms with Gasteiger partial charge in [-0.3, -0.25) is 9.69 Å². The van der Waals surface area contributed by atoms with E-state index in [9.17, 15) is 19.9 Å². The molecule has 3 aliphatic rings. The van der Waals surface area contributed by atoms with Crippen LogP contribution in [0, 0.1) is 5.92 Å². The van der Waals surface area contributed by atoms with E-state index in [1.807, 2.05) is 67.3 Å². The van der Waals surface area contributed by atoms with Gasteiger partial charge in [0.25, 0.3) is 0 Å². The number of ether oxygens (including phenoxy) is 1. The summed E-state index contributed by atoms with van der Waals surface area (Å²) in [5.41, 5.74) is 6.93. The van der Waals surface area contributed by atoms with E-state index in [-0.39, 0.29) is 30.0 Å². The molecule has 3 unspecified atom stereocenters. The number of aromatic nitrogens is 4. The molecule has 13 nitrogen and oxygen atoms in total. The van der Waals surface area contributed by atoms with Gasteiger partial charge in [0.1, 0.15) is 23.7 Å². The molecule has 0 aliphatic carbocycles. The van der Waals surface area contributed by atoms with Gasteiger partial charge in [0.15, 0.2) is 6.04 Å². The van der Waals surface area contributed by atoms with Crippen molar-refractivity contribution in [3.05, 3.63) is 121 Å². The summed E-state index contributed by atoms with van der Waals surface area (Å²) in [6.45, 7) is 4.16. The number of fused-ring (bicyclic) bond motifs is 1. The molecule has 0 bridgehead atoms. The fourth-order valence-electron chi connectivity index (χ4n) is 9.91. The third-order valence-electron chi connectivity index (χ3n) is 13.3. The number of aromatic amines is 2. The Hall–Kier alpha value is -5.70. The summed E-state index contributed by atoms with van der Waals surface area (Å²) in [6.07, 6.45) is 7.11. The lowest BCUT2D eigenvalue weighted by Crippen LogP contribution is -2.67. The van der Waals surface area contributed by atoms with Crippen molar-refractivity contribution in [1.82, 2.24) is 34.7 Å². The van der Waals surface area contributed by atoms with Gasteiger partial charge in [0.05, 0.1) is 36.4 Å². The largest absolute Gasteiger partial charge is 0.568 e. The van der Waals surface area contributed by atoms with Crippen molar-refractivity contribution in [3.8, 4) is 33.6 Å². The van der Waals surface area contributed by atoms with Gasteiger partial charge in [-0.2, -0.15) is 10.0 Å². The second-order valence-electron chi connectivity index (χ2n) is 17.1. The van der Waals surface area contributed by atoms with Crippen LogP contribution in [-0.2, 0) is 9.53 Å². The minimum atomic E-state index is -1.27. The van der Waals surface area contributed by atoms with Crippen LogP contribution in [0.25, 0.3) is 44.4 Å². The van der Waals surface area contributed by atoms with E-state index in [4.69, 9.17) is 14.7 Å². The number of hydrogen-bond acceptors (Lipinski definition) is 8. The van der Waals surface area contributed by atoms with Crippen LogP contribution in [0.3, 0.4) is 0 Å². The molecule has 13 heteroatoms. The molecule has 5 heterocycles. The van der Waals surface area contributed by atoms with Gasteiger partial charge in [-0.1, -0.05) is 78.9 Å². The molecule has 3 aliphatic heterocycles. The number of imidazole rings is 2. The summed E-state index contributed by atoms with van der Waals surface area (Å²) in [7, 11) is 3.91. The molecule has 0 spiro atoms. The molecular weight excluding hydrogens is 769 g/mol. The first-order valence-electron chi connectivity index (χ1n) is 21.6. The molecule has 4 aromatic carbocycles. The predicted octanol–water partition coefficient (Wildman–Crippen LogP) is 9.00. The van der Waals surface area contributed by atoms with Crippen LogP contribution < -0.4 is 0 Å². The van der Waals surface area contributed by atoms with Gasteiger partial charge in [-0.25, -0.2) is 9.97 Å². The Morgan fingerprint density at radius 3 is 2.00 bits per heavy atom. The number of amides is 2. The number of H-pyrrole nitrogens is 2. The molecule has 4 N–H and O–H groups in total. The Balaban J connectivity index is 0.883. The van der Waals surface area contributed by atoms with Gasteiger partial charge in [0, 0.05) is 31.2 Å². The van der Waals surface area contributed by atoms with Gasteiger partial charge in [0.2, 0.25) is 5.91 Å². The molecule has 316 valence electrons. The Bertz CT molecular complexity index is 2500. The topological polar surface area (TPSA) is 151 Å². The summed E-state index contributed by atoms with van der Waals surface area (Å²) in [4.78, 5) is 47.2. The molecule has 5 atom stereocenters. The summed E-state index contributed by atoms with van der Waals surface area (Å²) in [5, 5.41) is 26.1. The number of likely N-dealkylation sites (tertiary alicyclic amines) is 1. The molecular formula is C48H55N8O5+. The summed E-state index contributed by atoms with van der Waals surface area (Å²) in [5.74, 6) is 1.60. The molecule has 3 fully saturated rings. The highest BCUT2D eigenvalue weighted by Crippen LogP contribution is 2.40. The van der Waals surface area contributed by atoms with Gasteiger partial charge in [-0.15, -0.1) is 5.01 Å². The van der Waals surface area contributed by atoms with Crippen molar-refractivity contribution in [2.75, 3.05) is 40.4 Å². The van der Waals surface area contributed by atoms with E-state index < -0.39 is 16.9 Å². The highest BCUT2D eigenvalue weighted by atomic mass is 16.7. The number of quaternary nitrogens is 1. The Morgan fingerprint density at radius 1 is 0.754 bits per heavy atom. The SMILES string of the molecule is CC(C1CCOCC1)[N+](O)(C(=O)O)N1CCC[C@H]1c1ncc(-c2ccc(-c3ccc4cc(-c5cnc([C@@H]6CCCN6C(=O)C(c6ccccc6)N(C)C)[nH]5)ccc4c3)cc2)[nH]1. The van der Waals surface area contributed by atoms with Crippen LogP contribution in [0.4, 0.5) is 4.79 Å². The zero-order valence-electron chi connectivity index (χ0n) is 35.1. The van der Waals surface area contributed by atoms with E-state index >= 15 is 0 Å². The van der Waals surface area contributed by atoms with Crippen molar-refractivity contribution >= 4 is 22.8 Å². The Labute approximate surface area is 356 Å². The van der Waals surface area contributed by atoms with Crippen LogP contribution in [0.1, 0.15) is 80.8 Å². The van der Waals surface area contributed by atoms with Crippen molar-refractivity contribution in [1.29, 1.82) is 0 Å². The van der Waals surface area contributed by atoms with Crippen LogP contribution in [0.5, 0.6) is 0 Å². The second-order valence-corrected chi connectivity index (χ2v) is 17.1. The number of carbonyl (C=O) groups excluding carboxylic acids is 1. The maximum absolute atomic E-state index is 14.0. The maximum Gasteiger partial charge on any atom is 0.568 e. The van der Waals surface area contributed by atoms with Crippen LogP contribution in [0.2, 0.25) is 0 Å². The van der Waals surface area contributed by atoms with Crippen molar-refractivity contribution < 1.29 is 29.4 Å². The third kappa shape index (κ3) is 7.77. The smallest absolute Gasteiger partial charge is 0.432 e. The molecule has 2 aromatic heterocycles. The number of hydrogen-bond donors (Lipinski definition) is 4. The lowest BCUT2D eigenvalue weighted by atomic mass is 9.92. The Kier molecular flexibility index (Phi) is 11.3. The molecule has 2 amide bonds. The number of nitrogens with zero attached hydrogens (tertiary/aromatic N) is 6. The van der Waals surface area contributed by atoms with E-state index in [1.165, 1.54) is 0 Å². The van der Waals surface area contributed by atoms with Crippen molar-refractivity contribution in [2.24, 2.45) is 5.92 Å². The minimum Gasteiger partial charge on any atom is -0.432 e. The number of carboxylic acid groups (broad SMARTS) is 1. The van der Waals surface area contributed by atoms with E-state index in [1.54, 1.807) is 11.2 Å². The average molecular weight is 824 g/mol. The zero-order valence-corrected chi connectivity index (χ0v) is 35.1. The number of nitrogens with one attached hydrogen (secondary N) is 2. The summed E-state index contributed by atoms with van der Waals surface area (Å²) >= 11 is 0. The van der Waals surface area contributed by atoms with Crippen LogP contribution >= 0.6 is 0 Å². The maximum atomic E-state index is 14.0. The number of rotatable bonds is 11. The fraction of sp³-hybridized carbons (Fsp3) is 0.375. The Morgan fingerprint density at radius 2 is 1.33 bits per heavy atom. The van der Waals surface area contributed by atoms with E-state index in [0.29, 0.717) is 38.5 Å². The third-order valence-corrected chi connectivity index (χ3v) is 13.3. The van der Waals surface area contributed by atoms with Crippen molar-refractivity contribution in [2.45, 2.75) is 69.6 Å². The number of likely N-dealkylation sites (N-methyl/N-ethyl adjacent to an activating group) is 1. The lowest BCUT2D eigenvalue weighted by Gasteiger charge is -2.42. The molecule has 0 radical (unpaired) electrons. The highest BCUT2D eigenvalue weighted by molar-refractivity contribution is 5.90. The highest BCUT2D eigenvalue weighted by Gasteiger charge is 2.56. The standard InChI is InChI=1S/C48H54N8O5/c1-31(32-21-25-61-26-22-32)56(60,48(58)59)55-24-8-12-43(55)46-50-29-40(51-46)34-15-13-33(14-16-34)36-17-18-38-28-39(20-19-37(38)27-36)41-30-49-45(52-41)42-11-7-23-54(42)47(57)44(53(2)3)35-9-5-4-6-10-35/h4-6,9-10,13-20,27-32,42-44,60H,7-8,11-12,21-26H2,1-3H3,(H2-,49,50,51,52,58,59)/p+1/t31?,42-,43-,44?,56?/m0/s1. The van der Waals surface area contributed by atoms with Crippen LogP contribution in [0.15, 0.2) is 103 Å². The molecule has 0 saturated carbocycles. The number of benzene rings is 4. The monoisotopic (exact) mass is 823 g/mol. The first kappa shape index (κ1) is 40.7. The average Bonchev–Trinajstić information content (AvgIpc) is 4.14. The quantitative estimate of drug-likeness (QED) is 0.0570. The predicted molar refractivity (Wildman–Crippen MR) is 233 cm³/mol. The second kappa shape index (κ2) is 17.0. The van der Waals surface area contributed by atoms with Crippen molar-refractivity contribution in [3.63, 3.8) is 0 Å². The molecule has 61 heavy (non-hydrogen) atoms. The van der Waals surface area contributed by atoms with Crippen LogP contribution in [-0.4, -0.2) is 108 Å². The number of carbonyl (C=O) groups is 2. The molecule has 6 aromatic rings. The van der Waals surface area contributed by atoms with E-state index in [0.717, 1.165) is 87.9 Å². The first-order chi connectivity index (χ1) is 29.6. The van der Waals surface area contributed by atoms with Gasteiger partial charge in [-0.05, 0) is 109 Å². The normalized spacial score (nSPS) is 20.9. The minimum absolute atomic E-state index is 0.0358. The number of hydroxylamine groups is 2. The fourth-order valence-corrected chi connectivity index (χ4v) is 9.91. The molecule has 9 rings (SSSR count).